The number of rotatable bonds is 4. The first-order valence-corrected chi connectivity index (χ1v) is 5.13. The van der Waals surface area contributed by atoms with Crippen LogP contribution in [0.15, 0.2) is 42.0 Å². The van der Waals surface area contributed by atoms with Crippen molar-refractivity contribution < 1.29 is 14.3 Å². The Labute approximate surface area is 94.7 Å². The lowest BCUT2D eigenvalue weighted by atomic mass is 10.0. The van der Waals surface area contributed by atoms with Crippen molar-refractivity contribution in [1.82, 2.24) is 0 Å². The monoisotopic (exact) mass is 218 g/mol. The van der Waals surface area contributed by atoms with Crippen LogP contribution in [0.3, 0.4) is 0 Å². The van der Waals surface area contributed by atoms with Crippen molar-refractivity contribution in [3.8, 4) is 0 Å². The number of esters is 1. The molecule has 0 N–H and O–H groups in total. The molecule has 0 amide bonds. The average molecular weight is 218 g/mol. The molecule has 0 radical (unpaired) electrons. The molecule has 0 spiro atoms. The van der Waals surface area contributed by atoms with Crippen LogP contribution in [0.25, 0.3) is 0 Å². The maximum Gasteiger partial charge on any atom is 0.341 e. The molecule has 16 heavy (non-hydrogen) atoms. The number of hydrogen-bond donors (Lipinski definition) is 0. The van der Waals surface area contributed by atoms with E-state index in [0.29, 0.717) is 5.56 Å². The van der Waals surface area contributed by atoms with E-state index in [2.05, 4.69) is 0 Å². The molecular formula is C13H14O3. The topological polar surface area (TPSA) is 43.4 Å². The number of hydrogen-bond acceptors (Lipinski definition) is 3. The number of carbonyl (C=O) groups is 2. The van der Waals surface area contributed by atoms with Crippen molar-refractivity contribution in [3.63, 3.8) is 0 Å². The van der Waals surface area contributed by atoms with Crippen LogP contribution in [-0.2, 0) is 9.53 Å². The first kappa shape index (κ1) is 12.2. The minimum Gasteiger partial charge on any atom is -0.462 e. The molecule has 0 saturated heterocycles. The first-order valence-electron chi connectivity index (χ1n) is 5.13. The van der Waals surface area contributed by atoms with E-state index >= 15 is 0 Å². The zero-order valence-corrected chi connectivity index (χ0v) is 9.40. The van der Waals surface area contributed by atoms with E-state index in [-0.39, 0.29) is 18.0 Å². The van der Waals surface area contributed by atoms with Gasteiger partial charge in [0.1, 0.15) is 5.57 Å². The van der Waals surface area contributed by atoms with Crippen LogP contribution >= 0.6 is 0 Å². The second-order valence-electron chi connectivity index (χ2n) is 3.12. The Kier molecular flexibility index (Phi) is 4.45. The van der Waals surface area contributed by atoms with Crippen molar-refractivity contribution in [1.29, 1.82) is 0 Å². The van der Waals surface area contributed by atoms with Crippen LogP contribution in [0.1, 0.15) is 24.2 Å². The van der Waals surface area contributed by atoms with E-state index in [0.717, 1.165) is 0 Å². The van der Waals surface area contributed by atoms with Gasteiger partial charge in [0.2, 0.25) is 0 Å². The molecule has 1 rings (SSSR count). The van der Waals surface area contributed by atoms with E-state index < -0.39 is 5.97 Å². The van der Waals surface area contributed by atoms with Crippen molar-refractivity contribution >= 4 is 11.8 Å². The van der Waals surface area contributed by atoms with Gasteiger partial charge in [0.15, 0.2) is 5.78 Å². The lowest BCUT2D eigenvalue weighted by Gasteiger charge is -2.05. The third-order valence-corrected chi connectivity index (χ3v) is 2.06. The third kappa shape index (κ3) is 2.79. The third-order valence-electron chi connectivity index (χ3n) is 2.06. The van der Waals surface area contributed by atoms with Gasteiger partial charge in [-0.2, -0.15) is 0 Å². The molecule has 0 saturated carbocycles. The quantitative estimate of drug-likeness (QED) is 0.256. The molecule has 0 bridgehead atoms. The highest BCUT2D eigenvalue weighted by molar-refractivity contribution is 6.24. The number of carbonyl (C=O) groups excluding carboxylic acids is 2. The highest BCUT2D eigenvalue weighted by Gasteiger charge is 2.19. The summed E-state index contributed by atoms with van der Waals surface area (Å²) in [6, 6.07) is 8.67. The fraction of sp³-hybridized carbons (Fsp3) is 0.231. The van der Waals surface area contributed by atoms with Crippen LogP contribution in [0.4, 0.5) is 0 Å². The van der Waals surface area contributed by atoms with Gasteiger partial charge in [-0.1, -0.05) is 36.4 Å². The Morgan fingerprint density at radius 3 is 2.38 bits per heavy atom. The fourth-order valence-electron chi connectivity index (χ4n) is 1.30. The minimum atomic E-state index is -0.571. The largest absolute Gasteiger partial charge is 0.462 e. The minimum absolute atomic E-state index is 0.0769. The first-order chi connectivity index (χ1) is 7.70. The molecule has 0 aromatic heterocycles. The molecular weight excluding hydrogens is 204 g/mol. The Balaban J connectivity index is 2.92. The second-order valence-corrected chi connectivity index (χ2v) is 3.12. The van der Waals surface area contributed by atoms with E-state index in [9.17, 15) is 9.59 Å². The second kappa shape index (κ2) is 5.85. The van der Waals surface area contributed by atoms with Crippen LogP contribution in [0, 0.1) is 0 Å². The summed E-state index contributed by atoms with van der Waals surface area (Å²) in [5.74, 6) is -0.875. The summed E-state index contributed by atoms with van der Waals surface area (Å²) in [6.07, 6.45) is 1.48. The standard InChI is InChI=1S/C13H14O3/c1-3-11(13(15)16-4-2)12(14)10-8-6-5-7-9-10/h3,5-9H,4H2,1-2H3. The van der Waals surface area contributed by atoms with Gasteiger partial charge < -0.3 is 4.74 Å². The summed E-state index contributed by atoms with van der Waals surface area (Å²) >= 11 is 0. The highest BCUT2D eigenvalue weighted by atomic mass is 16.5. The normalized spacial score (nSPS) is 11.0. The molecule has 0 heterocycles. The lowest BCUT2D eigenvalue weighted by Crippen LogP contribution is -2.15. The number of Topliss-reactive ketones (excluding diaryl/α,β-unsaturated/α-hetero) is 1. The number of ketones is 1. The van der Waals surface area contributed by atoms with Gasteiger partial charge in [-0.05, 0) is 13.8 Å². The zero-order valence-electron chi connectivity index (χ0n) is 9.40. The number of benzene rings is 1. The molecule has 3 nitrogen and oxygen atoms in total. The Morgan fingerprint density at radius 1 is 1.25 bits per heavy atom. The van der Waals surface area contributed by atoms with Crippen LogP contribution in [-0.4, -0.2) is 18.4 Å². The average Bonchev–Trinajstić information content (AvgIpc) is 2.31. The molecule has 1 aromatic carbocycles. The molecule has 0 atom stereocenters. The van der Waals surface area contributed by atoms with E-state index in [1.807, 2.05) is 6.07 Å². The zero-order chi connectivity index (χ0) is 12.0. The maximum atomic E-state index is 11.9. The van der Waals surface area contributed by atoms with Gasteiger partial charge in [-0.25, -0.2) is 4.79 Å². The summed E-state index contributed by atoms with van der Waals surface area (Å²) in [5.41, 5.74) is 0.566. The Morgan fingerprint density at radius 2 is 1.88 bits per heavy atom. The predicted molar refractivity (Wildman–Crippen MR) is 61.2 cm³/mol. The molecule has 0 unspecified atom stereocenters. The van der Waals surface area contributed by atoms with Gasteiger partial charge in [-0.15, -0.1) is 0 Å². The summed E-state index contributed by atoms with van der Waals surface area (Å²) in [6.45, 7) is 3.61. The van der Waals surface area contributed by atoms with Crippen LogP contribution < -0.4 is 0 Å². The molecule has 0 aliphatic carbocycles. The summed E-state index contributed by atoms with van der Waals surface area (Å²) in [4.78, 5) is 23.4. The molecule has 3 heteroatoms. The molecule has 1 aromatic rings. The molecule has 0 aliphatic heterocycles. The van der Waals surface area contributed by atoms with Gasteiger partial charge in [-0.3, -0.25) is 4.79 Å². The summed E-state index contributed by atoms with van der Waals surface area (Å²) < 4.78 is 4.81. The van der Waals surface area contributed by atoms with Crippen molar-refractivity contribution in [2.24, 2.45) is 0 Å². The smallest absolute Gasteiger partial charge is 0.341 e. The van der Waals surface area contributed by atoms with Crippen LogP contribution in [0.2, 0.25) is 0 Å². The predicted octanol–water partition coefficient (Wildman–Crippen LogP) is 2.38. The van der Waals surface area contributed by atoms with E-state index in [1.165, 1.54) is 6.08 Å². The molecule has 0 aliphatic rings. The number of ether oxygens (including phenoxy) is 1. The van der Waals surface area contributed by atoms with Crippen molar-refractivity contribution in [3.05, 3.63) is 47.5 Å². The summed E-state index contributed by atoms with van der Waals surface area (Å²) in [5, 5.41) is 0. The van der Waals surface area contributed by atoms with Crippen LogP contribution in [0.5, 0.6) is 0 Å². The van der Waals surface area contributed by atoms with Crippen molar-refractivity contribution in [2.45, 2.75) is 13.8 Å². The SMILES string of the molecule is CC=C(C(=O)OCC)C(=O)c1ccccc1. The van der Waals surface area contributed by atoms with Crippen molar-refractivity contribution in [2.75, 3.05) is 6.61 Å². The highest BCUT2D eigenvalue weighted by Crippen LogP contribution is 2.09. The van der Waals surface area contributed by atoms with Gasteiger partial charge in [0.05, 0.1) is 6.61 Å². The fourth-order valence-corrected chi connectivity index (χ4v) is 1.30. The maximum absolute atomic E-state index is 11.9. The van der Waals surface area contributed by atoms with Gasteiger partial charge >= 0.3 is 5.97 Å². The lowest BCUT2D eigenvalue weighted by molar-refractivity contribution is -0.138. The summed E-state index contributed by atoms with van der Waals surface area (Å²) in [7, 11) is 0. The van der Waals surface area contributed by atoms with Gasteiger partial charge in [0, 0.05) is 5.56 Å². The molecule has 0 fully saturated rings. The van der Waals surface area contributed by atoms with E-state index in [4.69, 9.17) is 4.74 Å². The number of allylic oxidation sites excluding steroid dienone is 1. The van der Waals surface area contributed by atoms with Gasteiger partial charge in [0.25, 0.3) is 0 Å². The Bertz CT molecular complexity index is 404. The molecule has 84 valence electrons. The van der Waals surface area contributed by atoms with E-state index in [1.54, 1.807) is 38.1 Å². The Hall–Kier alpha value is -1.90.